The second-order valence-electron chi connectivity index (χ2n) is 0.514. The molecule has 4 heteroatoms. The molecule has 0 aliphatic carbocycles. The van der Waals surface area contributed by atoms with Gasteiger partial charge in [0, 0.05) is 0 Å². The van der Waals surface area contributed by atoms with Crippen LogP contribution in [0.1, 0.15) is 0 Å². The summed E-state index contributed by atoms with van der Waals surface area (Å²) in [6.07, 6.45) is 4.08. The van der Waals surface area contributed by atoms with E-state index >= 15 is 0 Å². The monoisotopic (exact) mass is 106 g/mol. The van der Waals surface area contributed by atoms with Gasteiger partial charge in [0.15, 0.2) is 0 Å². The molecule has 0 spiro atoms. The predicted octanol–water partition coefficient (Wildman–Crippen LogP) is -0.0774. The molecule has 2 nitrogen and oxygen atoms in total. The van der Waals surface area contributed by atoms with Gasteiger partial charge in [0.2, 0.25) is 0 Å². The zero-order valence-electron chi connectivity index (χ0n) is 3.84. The van der Waals surface area contributed by atoms with Crippen LogP contribution >= 0.6 is 11.8 Å². The van der Waals surface area contributed by atoms with E-state index in [2.05, 4.69) is 0 Å². The van der Waals surface area contributed by atoms with Crippen molar-refractivity contribution in [1.29, 1.82) is 0 Å². The summed E-state index contributed by atoms with van der Waals surface area (Å²) < 4.78 is 8.36. The summed E-state index contributed by atoms with van der Waals surface area (Å²) in [7, 11) is -0.250. The summed E-state index contributed by atoms with van der Waals surface area (Å²) in [6.45, 7) is 0. The fourth-order valence-electron chi connectivity index (χ4n) is 0. The molecule has 0 aliphatic rings. The summed E-state index contributed by atoms with van der Waals surface area (Å²) in [6, 6.07) is 0. The molecule has 0 aromatic carbocycles. The minimum atomic E-state index is -0.250. The van der Waals surface area contributed by atoms with Gasteiger partial charge in [0.05, 0.1) is 0 Å². The van der Waals surface area contributed by atoms with Crippen molar-refractivity contribution in [2.75, 3.05) is 12.5 Å². The van der Waals surface area contributed by atoms with Gasteiger partial charge in [-0.2, -0.15) is 11.8 Å². The molecule has 0 aromatic rings. The van der Waals surface area contributed by atoms with Crippen LogP contribution < -0.4 is 0 Å². The average Bonchev–Trinajstić information content (AvgIpc) is 1.39. The molecule has 0 saturated carbocycles. The Labute approximate surface area is 42.2 Å². The van der Waals surface area contributed by atoms with Gasteiger partial charge in [-0.1, -0.05) is 0 Å². The van der Waals surface area contributed by atoms with E-state index in [0.29, 0.717) is 0 Å². The van der Waals surface area contributed by atoms with Gasteiger partial charge in [-0.25, -0.2) is 0 Å². The Morgan fingerprint density at radius 1 is 1.67 bits per heavy atom. The van der Waals surface area contributed by atoms with E-state index in [1.807, 2.05) is 12.5 Å². The molecule has 0 heterocycles. The summed E-state index contributed by atoms with van der Waals surface area (Å²) in [5.41, 5.74) is 0. The van der Waals surface area contributed by atoms with Crippen LogP contribution in [0.25, 0.3) is 0 Å². The maximum absolute atomic E-state index is 8.36. The maximum atomic E-state index is 8.36. The molecule has 0 bridgehead atoms. The Bertz CT molecular complexity index is 25.5. The third-order valence-corrected chi connectivity index (χ3v) is 0. The topological polar surface area (TPSA) is 37.3 Å². The zero-order chi connectivity index (χ0) is 5.41. The van der Waals surface area contributed by atoms with Crippen molar-refractivity contribution in [2.45, 2.75) is 0 Å². The Balaban J connectivity index is 0. The van der Waals surface area contributed by atoms with E-state index in [0.717, 1.165) is 0 Å². The first kappa shape index (κ1) is 9.38. The molecule has 0 fully saturated rings. The van der Waals surface area contributed by atoms with Gasteiger partial charge < -0.3 is 0 Å². The van der Waals surface area contributed by atoms with E-state index in [4.69, 9.17) is 9.73 Å². The number of hydrogen-bond donors (Lipinski definition) is 1. The summed E-state index contributed by atoms with van der Waals surface area (Å²) in [5.74, 6) is 0. The Morgan fingerprint density at radius 3 is 1.67 bits per heavy atom. The molecule has 6 heavy (non-hydrogen) atoms. The second kappa shape index (κ2) is 19.9. The van der Waals surface area contributed by atoms with Gasteiger partial charge in [-0.05, 0) is 12.5 Å². The van der Waals surface area contributed by atoms with Crippen molar-refractivity contribution in [1.82, 2.24) is 0 Å². The summed E-state index contributed by atoms with van der Waals surface area (Å²) >= 11 is 1.75. The molecule has 0 radical (unpaired) electrons. The van der Waals surface area contributed by atoms with E-state index in [9.17, 15) is 0 Å². The van der Waals surface area contributed by atoms with E-state index in [1.165, 1.54) is 0 Å². The quantitative estimate of drug-likeness (QED) is 0.439. The van der Waals surface area contributed by atoms with Crippen LogP contribution in [0.3, 0.4) is 0 Å². The normalized spacial score (nSPS) is 4.33. The SMILES string of the molecule is CSC.O=BO. The molecule has 0 rings (SSSR count). The zero-order valence-corrected chi connectivity index (χ0v) is 4.66. The van der Waals surface area contributed by atoms with Crippen LogP contribution in [0.5, 0.6) is 0 Å². The van der Waals surface area contributed by atoms with Crippen LogP contribution in [0.2, 0.25) is 0 Å². The third-order valence-electron chi connectivity index (χ3n) is 0. The summed E-state index contributed by atoms with van der Waals surface area (Å²) in [4.78, 5) is 0. The van der Waals surface area contributed by atoms with Gasteiger partial charge in [-0.3, -0.25) is 0 Å². The molecule has 0 unspecified atom stereocenters. The van der Waals surface area contributed by atoms with Crippen molar-refractivity contribution in [3.8, 4) is 0 Å². The van der Waals surface area contributed by atoms with Gasteiger partial charge >= 0.3 is 17.1 Å². The van der Waals surface area contributed by atoms with Crippen LogP contribution in [0.4, 0.5) is 0 Å². The average molecular weight is 106 g/mol. The molecule has 0 aliphatic heterocycles. The first-order valence-electron chi connectivity index (χ1n) is 1.31. The first-order chi connectivity index (χ1) is 2.83. The van der Waals surface area contributed by atoms with Gasteiger partial charge in [-0.15, -0.1) is 0 Å². The van der Waals surface area contributed by atoms with E-state index in [1.54, 1.807) is 11.8 Å². The van der Waals surface area contributed by atoms with Crippen molar-refractivity contribution in [2.24, 2.45) is 0 Å². The number of rotatable bonds is 0. The van der Waals surface area contributed by atoms with Crippen molar-refractivity contribution >= 4 is 19.1 Å². The molecular weight excluding hydrogens is 98.9 g/mol. The van der Waals surface area contributed by atoms with Crippen molar-refractivity contribution in [3.63, 3.8) is 0 Å². The van der Waals surface area contributed by atoms with Gasteiger partial charge in [0.1, 0.15) is 0 Å². The molecule has 0 aromatic heterocycles. The molecule has 1 N–H and O–H groups in total. The van der Waals surface area contributed by atoms with Crippen molar-refractivity contribution < 1.29 is 9.73 Å². The molecule has 0 atom stereocenters. The predicted molar refractivity (Wildman–Crippen MR) is 28.1 cm³/mol. The number of thioether (sulfide) groups is 1. The Morgan fingerprint density at radius 2 is 1.67 bits per heavy atom. The molecule has 0 saturated heterocycles. The van der Waals surface area contributed by atoms with Crippen LogP contribution in [-0.2, 0) is 4.70 Å². The van der Waals surface area contributed by atoms with E-state index < -0.39 is 0 Å². The molecule has 0 amide bonds. The first-order valence-corrected chi connectivity index (χ1v) is 2.94. The fourth-order valence-corrected chi connectivity index (χ4v) is 0. The standard InChI is InChI=1S/C2H6S.BHO2/c1-3-2;2-1-3/h1-2H3;2H. The third kappa shape index (κ3) is 164000. The van der Waals surface area contributed by atoms with Crippen LogP contribution in [0.15, 0.2) is 0 Å². The van der Waals surface area contributed by atoms with Gasteiger partial charge in [0.25, 0.3) is 0 Å². The molecular formula is C2H7BO2S. The van der Waals surface area contributed by atoms with Crippen molar-refractivity contribution in [3.05, 3.63) is 0 Å². The Hall–Kier alpha value is 0.0149. The fraction of sp³-hybridized carbons (Fsp3) is 1.00. The summed E-state index contributed by atoms with van der Waals surface area (Å²) in [5, 5.41) is 6.89. The van der Waals surface area contributed by atoms with Crippen LogP contribution in [-0.4, -0.2) is 24.9 Å². The van der Waals surface area contributed by atoms with E-state index in [-0.39, 0.29) is 7.35 Å². The van der Waals surface area contributed by atoms with Crippen LogP contribution in [0, 0.1) is 0 Å². The second-order valence-corrected chi connectivity index (χ2v) is 1.33. The number of hydrogen-bond acceptors (Lipinski definition) is 2. The Kier molecular flexibility index (Phi) is 31.1. The molecule has 36 valence electrons. The minimum absolute atomic E-state index is 0.250.